The minimum Gasteiger partial charge on any atom is -0.469 e. The summed E-state index contributed by atoms with van der Waals surface area (Å²) in [4.78, 5) is 10.8. The normalized spacial score (nSPS) is 12.5. The van der Waals surface area contributed by atoms with Crippen LogP contribution in [0.15, 0.2) is 15.2 Å². The Morgan fingerprint density at radius 2 is 2.54 bits per heavy atom. The van der Waals surface area contributed by atoms with Crippen LogP contribution in [0.2, 0.25) is 0 Å². The van der Waals surface area contributed by atoms with E-state index in [0.717, 1.165) is 9.35 Å². The van der Waals surface area contributed by atoms with Crippen LogP contribution in [0.4, 0.5) is 0 Å². The van der Waals surface area contributed by atoms with Crippen LogP contribution in [-0.4, -0.2) is 18.2 Å². The van der Waals surface area contributed by atoms with E-state index >= 15 is 0 Å². The molecule has 0 aliphatic rings. The van der Waals surface area contributed by atoms with Gasteiger partial charge in [0.25, 0.3) is 0 Å². The molecule has 13 heavy (non-hydrogen) atoms. The molecular formula is C8H9BrO3S. The average Bonchev–Trinajstić information content (AvgIpc) is 2.51. The quantitative estimate of drug-likeness (QED) is 0.851. The zero-order valence-electron chi connectivity index (χ0n) is 6.99. The van der Waals surface area contributed by atoms with Crippen molar-refractivity contribution in [1.82, 2.24) is 0 Å². The molecule has 1 rings (SSSR count). The second-order valence-electron chi connectivity index (χ2n) is 2.48. The lowest BCUT2D eigenvalue weighted by Crippen LogP contribution is -2.07. The van der Waals surface area contributed by atoms with Gasteiger partial charge in [-0.25, -0.2) is 0 Å². The van der Waals surface area contributed by atoms with E-state index in [-0.39, 0.29) is 6.42 Å². The molecule has 1 aromatic heterocycles. The highest BCUT2D eigenvalue weighted by molar-refractivity contribution is 9.11. The Kier molecular flexibility index (Phi) is 3.90. The Morgan fingerprint density at radius 1 is 1.85 bits per heavy atom. The monoisotopic (exact) mass is 264 g/mol. The molecule has 0 radical (unpaired) electrons. The Bertz CT molecular complexity index is 297. The van der Waals surface area contributed by atoms with Crippen LogP contribution in [0.3, 0.4) is 0 Å². The Morgan fingerprint density at radius 3 is 3.00 bits per heavy atom. The van der Waals surface area contributed by atoms with Gasteiger partial charge in [0.05, 0.1) is 23.4 Å². The van der Waals surface area contributed by atoms with E-state index in [4.69, 9.17) is 0 Å². The minimum absolute atomic E-state index is 0.000324. The highest BCUT2D eigenvalue weighted by atomic mass is 79.9. The van der Waals surface area contributed by atoms with Crippen LogP contribution in [0.25, 0.3) is 0 Å². The number of esters is 1. The SMILES string of the molecule is COC(=O)C[C@H](O)c1csc(Br)c1. The van der Waals surface area contributed by atoms with Crippen LogP contribution in [0.1, 0.15) is 18.1 Å². The largest absolute Gasteiger partial charge is 0.469 e. The van der Waals surface area contributed by atoms with E-state index in [1.807, 2.05) is 0 Å². The van der Waals surface area contributed by atoms with Gasteiger partial charge in [-0.3, -0.25) is 4.79 Å². The molecule has 0 aromatic carbocycles. The van der Waals surface area contributed by atoms with Gasteiger partial charge in [-0.05, 0) is 32.9 Å². The number of methoxy groups -OCH3 is 1. The lowest BCUT2D eigenvalue weighted by Gasteiger charge is -2.05. The predicted molar refractivity (Wildman–Crippen MR) is 53.6 cm³/mol. The maximum Gasteiger partial charge on any atom is 0.308 e. The van der Waals surface area contributed by atoms with Crippen molar-refractivity contribution in [3.63, 3.8) is 0 Å². The van der Waals surface area contributed by atoms with E-state index in [9.17, 15) is 9.90 Å². The number of rotatable bonds is 3. The number of thiophene rings is 1. The van der Waals surface area contributed by atoms with Crippen molar-refractivity contribution in [3.8, 4) is 0 Å². The van der Waals surface area contributed by atoms with Crippen LogP contribution in [-0.2, 0) is 9.53 Å². The van der Waals surface area contributed by atoms with Gasteiger partial charge in [0, 0.05) is 0 Å². The highest BCUT2D eigenvalue weighted by Gasteiger charge is 2.14. The van der Waals surface area contributed by atoms with Gasteiger partial charge in [-0.15, -0.1) is 11.3 Å². The third-order valence-corrected chi connectivity index (χ3v) is 3.08. The lowest BCUT2D eigenvalue weighted by atomic mass is 10.1. The maximum absolute atomic E-state index is 10.8. The molecule has 0 saturated carbocycles. The molecule has 5 heteroatoms. The molecule has 0 bridgehead atoms. The lowest BCUT2D eigenvalue weighted by molar-refractivity contribution is -0.142. The van der Waals surface area contributed by atoms with Gasteiger partial charge in [-0.2, -0.15) is 0 Å². The molecule has 0 aliphatic heterocycles. The Labute approximate surface area is 88.5 Å². The van der Waals surface area contributed by atoms with E-state index in [0.29, 0.717) is 0 Å². The summed E-state index contributed by atoms with van der Waals surface area (Å²) >= 11 is 4.75. The van der Waals surface area contributed by atoms with Crippen molar-refractivity contribution in [2.75, 3.05) is 7.11 Å². The minimum atomic E-state index is -0.769. The number of halogens is 1. The molecule has 1 aromatic rings. The first-order chi connectivity index (χ1) is 6.13. The Hall–Kier alpha value is -0.390. The van der Waals surface area contributed by atoms with Crippen LogP contribution >= 0.6 is 27.3 Å². The number of carbonyl (C=O) groups excluding carboxylic acids is 1. The van der Waals surface area contributed by atoms with Gasteiger partial charge in [-0.1, -0.05) is 0 Å². The van der Waals surface area contributed by atoms with Crippen LogP contribution in [0.5, 0.6) is 0 Å². The van der Waals surface area contributed by atoms with Crippen LogP contribution < -0.4 is 0 Å². The summed E-state index contributed by atoms with van der Waals surface area (Å²) in [6.45, 7) is 0. The van der Waals surface area contributed by atoms with Crippen molar-refractivity contribution in [1.29, 1.82) is 0 Å². The number of hydrogen-bond acceptors (Lipinski definition) is 4. The fraction of sp³-hybridized carbons (Fsp3) is 0.375. The van der Waals surface area contributed by atoms with Gasteiger partial charge < -0.3 is 9.84 Å². The van der Waals surface area contributed by atoms with Crippen molar-refractivity contribution in [2.24, 2.45) is 0 Å². The zero-order valence-corrected chi connectivity index (χ0v) is 9.39. The summed E-state index contributed by atoms with van der Waals surface area (Å²) in [7, 11) is 1.30. The number of carbonyl (C=O) groups is 1. The third kappa shape index (κ3) is 3.10. The molecule has 0 aliphatic carbocycles. The molecular weight excluding hydrogens is 256 g/mol. The van der Waals surface area contributed by atoms with E-state index < -0.39 is 12.1 Å². The van der Waals surface area contributed by atoms with Crippen molar-refractivity contribution in [3.05, 3.63) is 20.8 Å². The number of aliphatic hydroxyl groups is 1. The molecule has 0 unspecified atom stereocenters. The van der Waals surface area contributed by atoms with Crippen molar-refractivity contribution < 1.29 is 14.6 Å². The molecule has 1 heterocycles. The first-order valence-electron chi connectivity index (χ1n) is 3.62. The summed E-state index contributed by atoms with van der Waals surface area (Å²) in [5.41, 5.74) is 0.738. The van der Waals surface area contributed by atoms with E-state index in [1.165, 1.54) is 18.4 Å². The standard InChI is InChI=1S/C8H9BrO3S/c1-12-8(11)3-6(10)5-2-7(9)13-4-5/h2,4,6,10H,3H2,1H3/t6-/m0/s1. The fourth-order valence-electron chi connectivity index (χ4n) is 0.857. The second-order valence-corrected chi connectivity index (χ2v) is 4.77. The van der Waals surface area contributed by atoms with E-state index in [2.05, 4.69) is 20.7 Å². The number of ether oxygens (including phenoxy) is 1. The van der Waals surface area contributed by atoms with Crippen molar-refractivity contribution in [2.45, 2.75) is 12.5 Å². The van der Waals surface area contributed by atoms with Gasteiger partial charge in [0.1, 0.15) is 0 Å². The smallest absolute Gasteiger partial charge is 0.308 e. The first-order valence-corrected chi connectivity index (χ1v) is 5.29. The summed E-state index contributed by atoms with van der Waals surface area (Å²) in [5, 5.41) is 11.3. The van der Waals surface area contributed by atoms with E-state index in [1.54, 1.807) is 11.4 Å². The number of hydrogen-bond donors (Lipinski definition) is 1. The molecule has 3 nitrogen and oxygen atoms in total. The molecule has 1 N–H and O–H groups in total. The molecule has 0 spiro atoms. The average molecular weight is 265 g/mol. The van der Waals surface area contributed by atoms with Gasteiger partial charge in [0.15, 0.2) is 0 Å². The second kappa shape index (κ2) is 4.74. The van der Waals surface area contributed by atoms with Crippen molar-refractivity contribution >= 4 is 33.2 Å². The highest BCUT2D eigenvalue weighted by Crippen LogP contribution is 2.26. The topological polar surface area (TPSA) is 46.5 Å². The predicted octanol–water partition coefficient (Wildman–Crippen LogP) is 2.11. The summed E-state index contributed by atoms with van der Waals surface area (Å²) in [6, 6.07) is 1.79. The maximum atomic E-state index is 10.8. The molecule has 72 valence electrons. The zero-order chi connectivity index (χ0) is 9.84. The van der Waals surface area contributed by atoms with Crippen LogP contribution in [0, 0.1) is 0 Å². The summed E-state index contributed by atoms with van der Waals surface area (Å²) in [5.74, 6) is -0.408. The molecule has 0 fully saturated rings. The van der Waals surface area contributed by atoms with Gasteiger partial charge >= 0.3 is 5.97 Å². The fourth-order valence-corrected chi connectivity index (χ4v) is 2.08. The third-order valence-electron chi connectivity index (χ3n) is 1.56. The van der Waals surface area contributed by atoms with Gasteiger partial charge in [0.2, 0.25) is 0 Å². The number of aliphatic hydroxyl groups excluding tert-OH is 1. The summed E-state index contributed by atoms with van der Waals surface area (Å²) < 4.78 is 5.38. The molecule has 0 amide bonds. The molecule has 0 saturated heterocycles. The molecule has 1 atom stereocenters. The summed E-state index contributed by atoms with van der Waals surface area (Å²) in [6.07, 6.45) is -0.769. The Balaban J connectivity index is 2.58. The first kappa shape index (κ1) is 10.7.